The number of halogens is 1. The maximum absolute atomic E-state index is 5.37. The van der Waals surface area contributed by atoms with E-state index in [-0.39, 0.29) is 0 Å². The Kier molecular flexibility index (Phi) is 7.58. The van der Waals surface area contributed by atoms with Gasteiger partial charge >= 0.3 is 0 Å². The van der Waals surface area contributed by atoms with Gasteiger partial charge < -0.3 is 20.1 Å². The molecule has 7 heteroatoms. The molecule has 0 spiro atoms. The summed E-state index contributed by atoms with van der Waals surface area (Å²) in [5.74, 6) is 2.61. The van der Waals surface area contributed by atoms with Gasteiger partial charge in [0.15, 0.2) is 17.5 Å². The van der Waals surface area contributed by atoms with Crippen molar-refractivity contribution in [1.29, 1.82) is 0 Å². The van der Waals surface area contributed by atoms with Crippen molar-refractivity contribution in [2.75, 3.05) is 27.8 Å². The second-order valence-electron chi connectivity index (χ2n) is 5.52. The molecule has 1 atom stereocenters. The highest BCUT2D eigenvalue weighted by Crippen LogP contribution is 2.33. The molecule has 1 unspecified atom stereocenters. The van der Waals surface area contributed by atoms with Crippen LogP contribution in [0.3, 0.4) is 0 Å². The fraction of sp³-hybridized carbons (Fsp3) is 0.389. The summed E-state index contributed by atoms with van der Waals surface area (Å²) >= 11 is 5.36. The number of guanidine groups is 1. The molecule has 25 heavy (non-hydrogen) atoms. The first-order valence-corrected chi connectivity index (χ1v) is 9.64. The Bertz CT molecular complexity index is 705. The van der Waals surface area contributed by atoms with Gasteiger partial charge in [0.1, 0.15) is 0 Å². The predicted octanol–water partition coefficient (Wildman–Crippen LogP) is 4.00. The van der Waals surface area contributed by atoms with Crippen molar-refractivity contribution < 1.29 is 9.47 Å². The molecule has 2 aromatic rings. The van der Waals surface area contributed by atoms with Gasteiger partial charge in [0.05, 0.1) is 14.2 Å². The average molecular weight is 426 g/mol. The number of hydrogen-bond acceptors (Lipinski definition) is 4. The molecule has 0 radical (unpaired) electrons. The number of rotatable bonds is 7. The summed E-state index contributed by atoms with van der Waals surface area (Å²) in [5, 5.41) is 8.81. The minimum atomic E-state index is 0.436. The largest absolute Gasteiger partial charge is 0.493 e. The van der Waals surface area contributed by atoms with Crippen molar-refractivity contribution in [3.8, 4) is 11.5 Å². The van der Waals surface area contributed by atoms with Crippen LogP contribution in [0.25, 0.3) is 0 Å². The topological polar surface area (TPSA) is 54.9 Å². The van der Waals surface area contributed by atoms with Gasteiger partial charge in [0, 0.05) is 35.4 Å². The van der Waals surface area contributed by atoms with E-state index in [2.05, 4.69) is 56.0 Å². The first kappa shape index (κ1) is 19.6. The minimum absolute atomic E-state index is 0.436. The Labute approximate surface area is 161 Å². The Balaban J connectivity index is 1.94. The standard InChI is InChI=1S/C18H24BrN3O2S/c1-12(17-6-5-7-25-17)10-21-18(20-2)22-11-13-8-15(23-3)16(24-4)9-14(13)19/h5-9,12H,10-11H2,1-4H3,(H2,20,21,22). The Hall–Kier alpha value is -1.73. The number of nitrogens with one attached hydrogen (secondary N) is 2. The van der Waals surface area contributed by atoms with Gasteiger partial charge in [-0.05, 0) is 29.1 Å². The molecule has 0 amide bonds. The van der Waals surface area contributed by atoms with E-state index >= 15 is 0 Å². The maximum atomic E-state index is 5.37. The molecule has 2 N–H and O–H groups in total. The number of benzene rings is 1. The fourth-order valence-electron chi connectivity index (χ4n) is 2.35. The summed E-state index contributed by atoms with van der Waals surface area (Å²) in [6, 6.07) is 8.11. The molecule has 1 aromatic carbocycles. The second-order valence-corrected chi connectivity index (χ2v) is 7.36. The third-order valence-corrected chi connectivity index (χ3v) is 5.67. The summed E-state index contributed by atoms with van der Waals surface area (Å²) in [6.07, 6.45) is 0. The lowest BCUT2D eigenvalue weighted by molar-refractivity contribution is 0.354. The maximum Gasteiger partial charge on any atom is 0.191 e. The van der Waals surface area contributed by atoms with E-state index in [9.17, 15) is 0 Å². The fourth-order valence-corrected chi connectivity index (χ4v) is 3.60. The van der Waals surface area contributed by atoms with Crippen LogP contribution in [0.15, 0.2) is 39.1 Å². The molecule has 0 aliphatic rings. The van der Waals surface area contributed by atoms with Crippen LogP contribution in [0.4, 0.5) is 0 Å². The van der Waals surface area contributed by atoms with Crippen molar-refractivity contribution in [2.24, 2.45) is 4.99 Å². The van der Waals surface area contributed by atoms with Crippen molar-refractivity contribution in [2.45, 2.75) is 19.4 Å². The molecule has 0 aliphatic heterocycles. The zero-order chi connectivity index (χ0) is 18.2. The SMILES string of the molecule is CN=C(NCc1cc(OC)c(OC)cc1Br)NCC(C)c1cccs1. The van der Waals surface area contributed by atoms with Crippen molar-refractivity contribution in [1.82, 2.24) is 10.6 Å². The van der Waals surface area contributed by atoms with Gasteiger partial charge in [0.2, 0.25) is 0 Å². The molecule has 0 bridgehead atoms. The molecule has 136 valence electrons. The normalized spacial score (nSPS) is 12.6. The molecular formula is C18H24BrN3O2S. The summed E-state index contributed by atoms with van der Waals surface area (Å²) in [4.78, 5) is 5.66. The van der Waals surface area contributed by atoms with Gasteiger partial charge in [-0.2, -0.15) is 0 Å². The van der Waals surface area contributed by atoms with Crippen molar-refractivity contribution in [3.63, 3.8) is 0 Å². The lowest BCUT2D eigenvalue weighted by Gasteiger charge is -2.16. The molecule has 5 nitrogen and oxygen atoms in total. The summed E-state index contributed by atoms with van der Waals surface area (Å²) in [7, 11) is 5.03. The summed E-state index contributed by atoms with van der Waals surface area (Å²) < 4.78 is 11.6. The molecule has 0 saturated carbocycles. The predicted molar refractivity (Wildman–Crippen MR) is 108 cm³/mol. The van der Waals surface area contributed by atoms with Crippen LogP contribution < -0.4 is 20.1 Å². The third kappa shape index (κ3) is 5.37. The number of hydrogen-bond donors (Lipinski definition) is 2. The molecule has 0 saturated heterocycles. The van der Waals surface area contributed by atoms with E-state index in [0.29, 0.717) is 24.0 Å². The van der Waals surface area contributed by atoms with Crippen LogP contribution in [-0.4, -0.2) is 33.8 Å². The Morgan fingerprint density at radius 2 is 1.96 bits per heavy atom. The molecule has 1 aromatic heterocycles. The number of thiophene rings is 1. The first-order chi connectivity index (χ1) is 12.1. The lowest BCUT2D eigenvalue weighted by Crippen LogP contribution is -2.38. The van der Waals surface area contributed by atoms with E-state index in [1.807, 2.05) is 12.1 Å². The Morgan fingerprint density at radius 3 is 2.56 bits per heavy atom. The first-order valence-electron chi connectivity index (χ1n) is 7.97. The smallest absolute Gasteiger partial charge is 0.191 e. The molecule has 0 fully saturated rings. The number of aliphatic imine (C=N–C) groups is 1. The van der Waals surface area contributed by atoms with Gasteiger partial charge in [0.25, 0.3) is 0 Å². The van der Waals surface area contributed by atoms with Crippen LogP contribution in [0, 0.1) is 0 Å². The van der Waals surface area contributed by atoms with E-state index < -0.39 is 0 Å². The van der Waals surface area contributed by atoms with Gasteiger partial charge in [-0.15, -0.1) is 11.3 Å². The van der Waals surface area contributed by atoms with E-state index in [1.54, 1.807) is 32.6 Å². The van der Waals surface area contributed by atoms with Crippen LogP contribution in [0.5, 0.6) is 11.5 Å². The second kappa shape index (κ2) is 9.68. The number of methoxy groups -OCH3 is 2. The van der Waals surface area contributed by atoms with E-state index in [0.717, 1.165) is 22.5 Å². The van der Waals surface area contributed by atoms with Crippen LogP contribution >= 0.6 is 27.3 Å². The van der Waals surface area contributed by atoms with Crippen molar-refractivity contribution in [3.05, 3.63) is 44.6 Å². The zero-order valence-corrected chi connectivity index (χ0v) is 17.3. The molecular weight excluding hydrogens is 402 g/mol. The average Bonchev–Trinajstić information content (AvgIpc) is 3.17. The number of nitrogens with zero attached hydrogens (tertiary/aromatic N) is 1. The third-order valence-electron chi connectivity index (χ3n) is 3.83. The Morgan fingerprint density at radius 1 is 1.24 bits per heavy atom. The van der Waals surface area contributed by atoms with Crippen LogP contribution in [-0.2, 0) is 6.54 Å². The van der Waals surface area contributed by atoms with Crippen LogP contribution in [0.2, 0.25) is 0 Å². The summed E-state index contributed by atoms with van der Waals surface area (Å²) in [6.45, 7) is 3.65. The minimum Gasteiger partial charge on any atom is -0.493 e. The highest BCUT2D eigenvalue weighted by atomic mass is 79.9. The van der Waals surface area contributed by atoms with Gasteiger partial charge in [-0.1, -0.05) is 28.9 Å². The lowest BCUT2D eigenvalue weighted by atomic mass is 10.1. The zero-order valence-electron chi connectivity index (χ0n) is 14.9. The van der Waals surface area contributed by atoms with E-state index in [1.165, 1.54) is 4.88 Å². The quantitative estimate of drug-likeness (QED) is 0.519. The van der Waals surface area contributed by atoms with Gasteiger partial charge in [-0.25, -0.2) is 0 Å². The van der Waals surface area contributed by atoms with E-state index in [4.69, 9.17) is 9.47 Å². The van der Waals surface area contributed by atoms with Crippen LogP contribution in [0.1, 0.15) is 23.3 Å². The molecule has 1 heterocycles. The number of ether oxygens (including phenoxy) is 2. The molecule has 0 aliphatic carbocycles. The van der Waals surface area contributed by atoms with Crippen molar-refractivity contribution >= 4 is 33.2 Å². The highest BCUT2D eigenvalue weighted by Gasteiger charge is 2.11. The molecule has 2 rings (SSSR count). The van der Waals surface area contributed by atoms with Gasteiger partial charge in [-0.3, -0.25) is 4.99 Å². The monoisotopic (exact) mass is 425 g/mol. The summed E-state index contributed by atoms with van der Waals surface area (Å²) in [5.41, 5.74) is 1.06. The highest BCUT2D eigenvalue weighted by molar-refractivity contribution is 9.10.